The number of aromatic nitrogens is 1. The monoisotopic (exact) mass is 403 g/mol. The zero-order valence-electron chi connectivity index (χ0n) is 16.9. The zero-order valence-corrected chi connectivity index (χ0v) is 16.9. The van der Waals surface area contributed by atoms with E-state index in [9.17, 15) is 9.59 Å². The molecular weight excluding hydrogens is 378 g/mol. The largest absolute Gasteiger partial charge is 0.369 e. The normalized spacial score (nSPS) is 15.7. The number of hydrogen-bond acceptors (Lipinski definition) is 5. The molecule has 1 saturated heterocycles. The Morgan fingerprint density at radius 2 is 1.73 bits per heavy atom. The number of benzene rings is 2. The first kappa shape index (κ1) is 19.8. The molecule has 1 fully saturated rings. The predicted octanol–water partition coefficient (Wildman–Crippen LogP) is 2.48. The summed E-state index contributed by atoms with van der Waals surface area (Å²) in [5.41, 5.74) is 8.51. The van der Waals surface area contributed by atoms with Gasteiger partial charge in [0.05, 0.1) is 17.2 Å². The van der Waals surface area contributed by atoms with E-state index >= 15 is 0 Å². The van der Waals surface area contributed by atoms with Crippen LogP contribution in [-0.2, 0) is 4.79 Å². The van der Waals surface area contributed by atoms with Gasteiger partial charge in [-0.2, -0.15) is 0 Å². The van der Waals surface area contributed by atoms with Gasteiger partial charge >= 0.3 is 0 Å². The first-order valence-electron chi connectivity index (χ1n) is 10.1. The lowest BCUT2D eigenvalue weighted by atomic mass is 10.1. The van der Waals surface area contributed by atoms with Crippen LogP contribution in [0, 0.1) is 0 Å². The highest BCUT2D eigenvalue weighted by Crippen LogP contribution is 2.22. The SMILES string of the molecule is CC(C(=O)Nc1cccc2ncccc12)N1CCN(c2ccc(C(N)=O)cc2)CC1. The van der Waals surface area contributed by atoms with Crippen LogP contribution >= 0.6 is 0 Å². The Morgan fingerprint density at radius 3 is 2.43 bits per heavy atom. The first-order chi connectivity index (χ1) is 14.5. The van der Waals surface area contributed by atoms with E-state index in [4.69, 9.17) is 5.73 Å². The predicted molar refractivity (Wildman–Crippen MR) is 119 cm³/mol. The van der Waals surface area contributed by atoms with E-state index in [0.29, 0.717) is 5.56 Å². The number of rotatable bonds is 5. The molecule has 0 aliphatic carbocycles. The Balaban J connectivity index is 1.37. The highest BCUT2D eigenvalue weighted by Gasteiger charge is 2.26. The number of primary amides is 1. The van der Waals surface area contributed by atoms with Gasteiger partial charge in [-0.05, 0) is 55.5 Å². The maximum atomic E-state index is 12.9. The Morgan fingerprint density at radius 1 is 1.00 bits per heavy atom. The molecule has 3 N–H and O–H groups in total. The minimum Gasteiger partial charge on any atom is -0.369 e. The van der Waals surface area contributed by atoms with Gasteiger partial charge in [0.1, 0.15) is 0 Å². The molecular formula is C23H25N5O2. The van der Waals surface area contributed by atoms with Gasteiger partial charge in [-0.25, -0.2) is 0 Å². The smallest absolute Gasteiger partial charge is 0.248 e. The fraction of sp³-hybridized carbons (Fsp3) is 0.261. The fourth-order valence-electron chi connectivity index (χ4n) is 3.82. The Kier molecular flexibility index (Phi) is 5.63. The van der Waals surface area contributed by atoms with Crippen LogP contribution in [0.3, 0.4) is 0 Å². The van der Waals surface area contributed by atoms with Crippen molar-refractivity contribution in [3.05, 3.63) is 66.4 Å². The van der Waals surface area contributed by atoms with Gasteiger partial charge in [-0.15, -0.1) is 0 Å². The van der Waals surface area contributed by atoms with Crippen molar-refractivity contribution in [1.82, 2.24) is 9.88 Å². The van der Waals surface area contributed by atoms with E-state index < -0.39 is 5.91 Å². The van der Waals surface area contributed by atoms with E-state index in [2.05, 4.69) is 20.1 Å². The van der Waals surface area contributed by atoms with Gasteiger partial charge in [0.25, 0.3) is 0 Å². The van der Waals surface area contributed by atoms with Crippen LogP contribution in [0.1, 0.15) is 17.3 Å². The maximum absolute atomic E-state index is 12.9. The molecule has 154 valence electrons. The number of anilines is 2. The van der Waals surface area contributed by atoms with Gasteiger partial charge in [-0.3, -0.25) is 19.5 Å². The number of carbonyl (C=O) groups excluding carboxylic acids is 2. The molecule has 0 spiro atoms. The molecule has 2 aromatic carbocycles. The standard InChI is InChI=1S/C23H25N5O2/c1-16(23(30)26-21-6-2-5-20-19(21)4-3-11-25-20)27-12-14-28(15-13-27)18-9-7-17(8-10-18)22(24)29/h2-11,16H,12-15H2,1H3,(H2,24,29)(H,26,30). The Labute approximate surface area is 175 Å². The molecule has 1 aromatic heterocycles. The molecule has 0 bridgehead atoms. The zero-order chi connectivity index (χ0) is 21.1. The van der Waals surface area contributed by atoms with Crippen molar-refractivity contribution in [1.29, 1.82) is 0 Å². The summed E-state index contributed by atoms with van der Waals surface area (Å²) < 4.78 is 0. The number of fused-ring (bicyclic) bond motifs is 1. The molecule has 3 aromatic rings. The number of nitrogens with two attached hydrogens (primary N) is 1. The minimum absolute atomic E-state index is 0.0226. The van der Waals surface area contributed by atoms with Crippen molar-refractivity contribution < 1.29 is 9.59 Å². The quantitative estimate of drug-likeness (QED) is 0.683. The molecule has 1 aliphatic rings. The van der Waals surface area contributed by atoms with E-state index in [1.165, 1.54) is 0 Å². The highest BCUT2D eigenvalue weighted by atomic mass is 16.2. The minimum atomic E-state index is -0.423. The lowest BCUT2D eigenvalue weighted by Gasteiger charge is -2.38. The molecule has 2 amide bonds. The second kappa shape index (κ2) is 8.51. The maximum Gasteiger partial charge on any atom is 0.248 e. The number of carbonyl (C=O) groups is 2. The summed E-state index contributed by atoms with van der Waals surface area (Å²) in [7, 11) is 0. The second-order valence-electron chi connectivity index (χ2n) is 7.48. The molecule has 1 aliphatic heterocycles. The van der Waals surface area contributed by atoms with Crippen molar-refractivity contribution in [2.45, 2.75) is 13.0 Å². The summed E-state index contributed by atoms with van der Waals surface area (Å²) in [6, 6.07) is 16.7. The molecule has 4 rings (SSSR count). The molecule has 7 heteroatoms. The molecule has 1 unspecified atom stereocenters. The van der Waals surface area contributed by atoms with E-state index in [1.54, 1.807) is 18.3 Å². The number of nitrogens with zero attached hydrogens (tertiary/aromatic N) is 3. The van der Waals surface area contributed by atoms with E-state index in [-0.39, 0.29) is 11.9 Å². The van der Waals surface area contributed by atoms with Crippen LogP contribution in [0.5, 0.6) is 0 Å². The number of nitrogens with one attached hydrogen (secondary N) is 1. The van der Waals surface area contributed by atoms with Crippen molar-refractivity contribution in [3.63, 3.8) is 0 Å². The Bertz CT molecular complexity index is 1050. The first-order valence-corrected chi connectivity index (χ1v) is 10.1. The number of hydrogen-bond donors (Lipinski definition) is 2. The van der Waals surface area contributed by atoms with Crippen molar-refractivity contribution in [3.8, 4) is 0 Å². The third kappa shape index (κ3) is 4.11. The van der Waals surface area contributed by atoms with Crippen LogP contribution in [0.25, 0.3) is 10.9 Å². The van der Waals surface area contributed by atoms with Crippen LogP contribution in [0.4, 0.5) is 11.4 Å². The fourth-order valence-corrected chi connectivity index (χ4v) is 3.82. The van der Waals surface area contributed by atoms with Crippen molar-refractivity contribution >= 4 is 34.1 Å². The number of pyridine rings is 1. The number of piperazine rings is 1. The van der Waals surface area contributed by atoms with Gasteiger partial charge in [-0.1, -0.05) is 6.07 Å². The summed E-state index contributed by atoms with van der Waals surface area (Å²) in [4.78, 5) is 32.9. The topological polar surface area (TPSA) is 91.6 Å². The average molecular weight is 403 g/mol. The van der Waals surface area contributed by atoms with Crippen LogP contribution in [-0.4, -0.2) is 53.9 Å². The summed E-state index contributed by atoms with van der Waals surface area (Å²) in [5.74, 6) is -0.446. The second-order valence-corrected chi connectivity index (χ2v) is 7.48. The van der Waals surface area contributed by atoms with Crippen molar-refractivity contribution in [2.24, 2.45) is 5.73 Å². The summed E-state index contributed by atoms with van der Waals surface area (Å²) >= 11 is 0. The van der Waals surface area contributed by atoms with E-state index in [1.807, 2.05) is 49.4 Å². The van der Waals surface area contributed by atoms with Crippen LogP contribution in [0.15, 0.2) is 60.8 Å². The molecule has 7 nitrogen and oxygen atoms in total. The number of amides is 2. The van der Waals surface area contributed by atoms with Gasteiger partial charge in [0, 0.05) is 49.0 Å². The van der Waals surface area contributed by atoms with Gasteiger partial charge < -0.3 is 16.0 Å². The summed E-state index contributed by atoms with van der Waals surface area (Å²) in [6.07, 6.45) is 1.75. The molecule has 1 atom stereocenters. The third-order valence-electron chi connectivity index (χ3n) is 5.66. The molecule has 30 heavy (non-hydrogen) atoms. The van der Waals surface area contributed by atoms with Gasteiger partial charge in [0.2, 0.25) is 11.8 Å². The summed E-state index contributed by atoms with van der Waals surface area (Å²) in [5, 5.41) is 4.00. The lowest BCUT2D eigenvalue weighted by molar-refractivity contribution is -0.120. The molecule has 0 saturated carbocycles. The lowest BCUT2D eigenvalue weighted by Crippen LogP contribution is -2.52. The Hall–Kier alpha value is -3.45. The third-order valence-corrected chi connectivity index (χ3v) is 5.66. The molecule has 0 radical (unpaired) electrons. The van der Waals surface area contributed by atoms with Crippen LogP contribution < -0.4 is 16.0 Å². The van der Waals surface area contributed by atoms with Crippen molar-refractivity contribution in [2.75, 3.05) is 36.4 Å². The van der Waals surface area contributed by atoms with Gasteiger partial charge in [0.15, 0.2) is 0 Å². The highest BCUT2D eigenvalue weighted by molar-refractivity contribution is 6.02. The summed E-state index contributed by atoms with van der Waals surface area (Å²) in [6.45, 7) is 5.12. The van der Waals surface area contributed by atoms with E-state index in [0.717, 1.165) is 48.5 Å². The molecule has 2 heterocycles. The average Bonchev–Trinajstić information content (AvgIpc) is 2.79. The van der Waals surface area contributed by atoms with Crippen LogP contribution in [0.2, 0.25) is 0 Å².